The van der Waals surface area contributed by atoms with Crippen molar-refractivity contribution in [1.82, 2.24) is 0 Å². The largest absolute Gasteiger partial charge is 0.497 e. The van der Waals surface area contributed by atoms with Gasteiger partial charge >= 0.3 is 0 Å². The van der Waals surface area contributed by atoms with Crippen LogP contribution in [0.25, 0.3) is 0 Å². The van der Waals surface area contributed by atoms with Crippen molar-refractivity contribution in [3.8, 4) is 5.75 Å². The molecule has 1 atom stereocenters. The van der Waals surface area contributed by atoms with Gasteiger partial charge in [-0.2, -0.15) is 0 Å². The molecular weight excluding hydrogens is 312 g/mol. The smallest absolute Gasteiger partial charge is 0.258 e. The number of carbonyl (C=O) groups is 2. The van der Waals surface area contributed by atoms with Gasteiger partial charge in [-0.1, -0.05) is 18.2 Å². The van der Waals surface area contributed by atoms with E-state index in [1.807, 2.05) is 36.4 Å². The number of anilines is 2. The van der Waals surface area contributed by atoms with Gasteiger partial charge < -0.3 is 15.0 Å². The monoisotopic (exact) mass is 326 g/mol. The van der Waals surface area contributed by atoms with Crippen LogP contribution in [0.2, 0.25) is 0 Å². The van der Waals surface area contributed by atoms with Gasteiger partial charge in [0, 0.05) is 16.9 Å². The van der Waals surface area contributed by atoms with Crippen LogP contribution < -0.4 is 15.0 Å². The number of thioether (sulfide) groups is 1. The fourth-order valence-electron chi connectivity index (χ4n) is 3.01. The molecule has 116 valence electrons. The van der Waals surface area contributed by atoms with Crippen molar-refractivity contribution >= 4 is 35.0 Å². The molecule has 2 aromatic rings. The van der Waals surface area contributed by atoms with E-state index >= 15 is 0 Å². The first-order chi connectivity index (χ1) is 11.2. The molecule has 2 amide bonds. The third-order valence-electron chi connectivity index (χ3n) is 4.21. The van der Waals surface area contributed by atoms with Crippen molar-refractivity contribution in [1.29, 1.82) is 0 Å². The van der Waals surface area contributed by atoms with Crippen molar-refractivity contribution < 1.29 is 14.3 Å². The van der Waals surface area contributed by atoms with E-state index in [1.54, 1.807) is 24.1 Å². The Labute approximate surface area is 137 Å². The van der Waals surface area contributed by atoms with E-state index in [0.29, 0.717) is 5.88 Å². The zero-order valence-corrected chi connectivity index (χ0v) is 13.2. The van der Waals surface area contributed by atoms with E-state index in [0.717, 1.165) is 22.7 Å². The van der Waals surface area contributed by atoms with Gasteiger partial charge in [0.05, 0.1) is 13.0 Å². The second-order valence-corrected chi connectivity index (χ2v) is 6.54. The Bertz CT molecular complexity index is 806. The van der Waals surface area contributed by atoms with Gasteiger partial charge in [-0.15, -0.1) is 11.8 Å². The molecule has 2 aliphatic heterocycles. The van der Waals surface area contributed by atoms with Gasteiger partial charge in [-0.25, -0.2) is 0 Å². The van der Waals surface area contributed by atoms with Crippen molar-refractivity contribution in [3.05, 3.63) is 54.1 Å². The highest BCUT2D eigenvalue weighted by Crippen LogP contribution is 2.51. The molecule has 1 saturated heterocycles. The van der Waals surface area contributed by atoms with Crippen molar-refractivity contribution in [2.24, 2.45) is 0 Å². The number of amides is 2. The minimum Gasteiger partial charge on any atom is -0.497 e. The summed E-state index contributed by atoms with van der Waals surface area (Å²) in [5, 5.41) is 2.82. The number of hydrogen-bond donors (Lipinski definition) is 1. The average Bonchev–Trinajstić information content (AvgIpc) is 3.08. The Balaban J connectivity index is 1.74. The molecule has 2 aliphatic rings. The highest BCUT2D eigenvalue weighted by molar-refractivity contribution is 8.02. The van der Waals surface area contributed by atoms with Crippen LogP contribution in [0.4, 0.5) is 11.4 Å². The van der Waals surface area contributed by atoms with Gasteiger partial charge in [-0.3, -0.25) is 9.59 Å². The highest BCUT2D eigenvalue weighted by Gasteiger charge is 2.59. The van der Waals surface area contributed by atoms with Crippen molar-refractivity contribution in [3.63, 3.8) is 0 Å². The molecular formula is C17H14N2O3S. The zero-order chi connectivity index (χ0) is 16.0. The van der Waals surface area contributed by atoms with Crippen LogP contribution in [-0.2, 0) is 14.3 Å². The molecule has 1 spiro atoms. The van der Waals surface area contributed by atoms with Gasteiger partial charge in [0.25, 0.3) is 11.8 Å². The van der Waals surface area contributed by atoms with Crippen molar-refractivity contribution in [2.75, 3.05) is 23.2 Å². The summed E-state index contributed by atoms with van der Waals surface area (Å²) in [7, 11) is 1.60. The third kappa shape index (κ3) is 1.88. The minimum atomic E-state index is -1.17. The van der Waals surface area contributed by atoms with Crippen LogP contribution in [0, 0.1) is 0 Å². The van der Waals surface area contributed by atoms with E-state index in [2.05, 4.69) is 5.32 Å². The van der Waals surface area contributed by atoms with Crippen molar-refractivity contribution in [2.45, 2.75) is 4.75 Å². The quantitative estimate of drug-likeness (QED) is 0.862. The predicted molar refractivity (Wildman–Crippen MR) is 89.7 cm³/mol. The molecule has 0 bridgehead atoms. The van der Waals surface area contributed by atoms with E-state index < -0.39 is 4.75 Å². The van der Waals surface area contributed by atoms with E-state index in [4.69, 9.17) is 4.74 Å². The average molecular weight is 326 g/mol. The maximum absolute atomic E-state index is 13.1. The second-order valence-electron chi connectivity index (χ2n) is 5.39. The number of hydrogen-bond acceptors (Lipinski definition) is 4. The second kappa shape index (κ2) is 5.03. The summed E-state index contributed by atoms with van der Waals surface area (Å²) in [5.41, 5.74) is 2.23. The lowest BCUT2D eigenvalue weighted by atomic mass is 9.98. The first-order valence-electron chi connectivity index (χ1n) is 7.18. The number of nitrogens with zero attached hydrogens (tertiary/aromatic N) is 1. The maximum Gasteiger partial charge on any atom is 0.258 e. The Morgan fingerprint density at radius 1 is 1.13 bits per heavy atom. The molecule has 1 unspecified atom stereocenters. The SMILES string of the molecule is COc1ccc(N2CSC3(C(=O)Nc4ccccc43)C2=O)cc1. The number of rotatable bonds is 2. The van der Waals surface area contributed by atoms with Gasteiger partial charge in [-0.05, 0) is 30.3 Å². The number of methoxy groups -OCH3 is 1. The first kappa shape index (κ1) is 14.1. The highest BCUT2D eigenvalue weighted by atomic mass is 32.2. The number of benzene rings is 2. The molecule has 23 heavy (non-hydrogen) atoms. The standard InChI is InChI=1S/C17H14N2O3S/c1-22-12-8-6-11(7-9-12)19-10-23-17(16(19)21)13-4-2-3-5-14(13)18-15(17)20/h2-9H,10H2,1H3,(H,18,20). The van der Waals surface area contributed by atoms with E-state index in [-0.39, 0.29) is 11.8 Å². The van der Waals surface area contributed by atoms with Crippen LogP contribution in [0.3, 0.4) is 0 Å². The Hall–Kier alpha value is -2.47. The van der Waals surface area contributed by atoms with Crippen LogP contribution in [0.5, 0.6) is 5.75 Å². The molecule has 1 fully saturated rings. The Morgan fingerprint density at radius 3 is 2.61 bits per heavy atom. The summed E-state index contributed by atoms with van der Waals surface area (Å²) in [4.78, 5) is 27.3. The van der Waals surface area contributed by atoms with Crippen LogP contribution in [0.15, 0.2) is 48.5 Å². The van der Waals surface area contributed by atoms with Crippen LogP contribution in [0.1, 0.15) is 5.56 Å². The third-order valence-corrected chi connectivity index (χ3v) is 5.62. The molecule has 1 N–H and O–H groups in total. The lowest BCUT2D eigenvalue weighted by Crippen LogP contribution is -2.41. The van der Waals surface area contributed by atoms with Gasteiger partial charge in [0.1, 0.15) is 5.75 Å². The summed E-state index contributed by atoms with van der Waals surface area (Å²) >= 11 is 1.36. The summed E-state index contributed by atoms with van der Waals surface area (Å²) < 4.78 is 3.97. The number of carbonyl (C=O) groups excluding carboxylic acids is 2. The molecule has 4 rings (SSSR count). The maximum atomic E-state index is 13.1. The Kier molecular flexibility index (Phi) is 3.09. The topological polar surface area (TPSA) is 58.6 Å². The molecule has 0 aromatic heterocycles. The molecule has 6 heteroatoms. The number of ether oxygens (including phenoxy) is 1. The fourth-order valence-corrected chi connectivity index (χ4v) is 4.35. The van der Waals surface area contributed by atoms with Crippen LogP contribution in [-0.4, -0.2) is 24.8 Å². The summed E-state index contributed by atoms with van der Waals surface area (Å²) in [6.45, 7) is 0. The van der Waals surface area contributed by atoms with Gasteiger partial charge in [0.15, 0.2) is 0 Å². The van der Waals surface area contributed by atoms with E-state index in [1.165, 1.54) is 11.8 Å². The number of fused-ring (bicyclic) bond motifs is 2. The predicted octanol–water partition coefficient (Wildman–Crippen LogP) is 2.58. The summed E-state index contributed by atoms with van der Waals surface area (Å²) in [6, 6.07) is 14.6. The minimum absolute atomic E-state index is 0.199. The van der Waals surface area contributed by atoms with Gasteiger partial charge in [0.2, 0.25) is 4.75 Å². The molecule has 0 radical (unpaired) electrons. The Morgan fingerprint density at radius 2 is 1.87 bits per heavy atom. The molecule has 5 nitrogen and oxygen atoms in total. The lowest BCUT2D eigenvalue weighted by Gasteiger charge is -2.20. The summed E-state index contributed by atoms with van der Waals surface area (Å²) in [6.07, 6.45) is 0. The summed E-state index contributed by atoms with van der Waals surface area (Å²) in [5.74, 6) is 0.707. The zero-order valence-electron chi connectivity index (χ0n) is 12.4. The normalized spacial score (nSPS) is 22.4. The molecule has 2 heterocycles. The molecule has 0 saturated carbocycles. The molecule has 2 aromatic carbocycles. The molecule has 0 aliphatic carbocycles. The van der Waals surface area contributed by atoms with E-state index in [9.17, 15) is 9.59 Å². The number of para-hydroxylation sites is 1. The van der Waals surface area contributed by atoms with Crippen LogP contribution >= 0.6 is 11.8 Å². The fraction of sp³-hybridized carbons (Fsp3) is 0.176. The number of nitrogens with one attached hydrogen (secondary N) is 1. The lowest BCUT2D eigenvalue weighted by molar-refractivity contribution is -0.127. The first-order valence-corrected chi connectivity index (χ1v) is 8.16.